The zero-order chi connectivity index (χ0) is 21.8. The third-order valence-corrected chi connectivity index (χ3v) is 5.91. The van der Waals surface area contributed by atoms with Crippen molar-refractivity contribution < 1.29 is 4.79 Å². The van der Waals surface area contributed by atoms with Gasteiger partial charge in [-0.25, -0.2) is 9.67 Å². The first-order valence-corrected chi connectivity index (χ1v) is 10.7. The molecule has 1 N–H and O–H groups in total. The monoisotopic (exact) mass is 457 g/mol. The molecule has 31 heavy (non-hydrogen) atoms. The van der Waals surface area contributed by atoms with Crippen molar-refractivity contribution >= 4 is 40.6 Å². The summed E-state index contributed by atoms with van der Waals surface area (Å²) in [5.41, 5.74) is 1.26. The van der Waals surface area contributed by atoms with Gasteiger partial charge in [-0.15, -0.1) is 0 Å². The number of nitrogens with one attached hydrogen (secondary N) is 1. The fraction of sp³-hybridized carbons (Fsp3) is 0.273. The Morgan fingerprint density at radius 2 is 1.81 bits per heavy atom. The van der Waals surface area contributed by atoms with Gasteiger partial charge < -0.3 is 10.2 Å². The highest BCUT2D eigenvalue weighted by molar-refractivity contribution is 6.33. The predicted molar refractivity (Wildman–Crippen MR) is 122 cm³/mol. The van der Waals surface area contributed by atoms with Crippen molar-refractivity contribution in [3.05, 3.63) is 80.8 Å². The van der Waals surface area contributed by atoms with Gasteiger partial charge in [-0.3, -0.25) is 9.59 Å². The summed E-state index contributed by atoms with van der Waals surface area (Å²) in [4.78, 5) is 31.3. The Bertz CT molecular complexity index is 1110. The minimum Gasteiger partial charge on any atom is -0.369 e. The van der Waals surface area contributed by atoms with Crippen LogP contribution in [0.15, 0.2) is 59.7 Å². The zero-order valence-electron chi connectivity index (χ0n) is 16.7. The van der Waals surface area contributed by atoms with E-state index in [9.17, 15) is 9.59 Å². The Balaban J connectivity index is 1.39. The van der Waals surface area contributed by atoms with E-state index in [2.05, 4.69) is 15.4 Å². The van der Waals surface area contributed by atoms with Gasteiger partial charge in [0.1, 0.15) is 10.8 Å². The molecule has 1 fully saturated rings. The van der Waals surface area contributed by atoms with Gasteiger partial charge in [0.2, 0.25) is 5.91 Å². The maximum absolute atomic E-state index is 12.7. The standard InChI is InChI=1S/C22H21Cl2N5O2/c23-17-6-7-19(25-12-17)27-21(30)16-8-10-28(11-9-16)18-13-26-29(22(31)20(18)24)14-15-4-2-1-3-5-15/h1-7,12-13,16H,8-11,14H2,(H,25,27,30). The number of carbonyl (C=O) groups is 1. The highest BCUT2D eigenvalue weighted by Gasteiger charge is 2.27. The van der Waals surface area contributed by atoms with Crippen LogP contribution in [-0.2, 0) is 11.3 Å². The molecule has 7 nitrogen and oxygen atoms in total. The SMILES string of the molecule is O=C(Nc1ccc(Cl)cn1)C1CCN(c2cnn(Cc3ccccc3)c(=O)c2Cl)CC1. The average molecular weight is 458 g/mol. The Morgan fingerprint density at radius 3 is 2.48 bits per heavy atom. The lowest BCUT2D eigenvalue weighted by Gasteiger charge is -2.33. The molecule has 1 aliphatic rings. The van der Waals surface area contributed by atoms with Crippen molar-refractivity contribution in [1.29, 1.82) is 0 Å². The van der Waals surface area contributed by atoms with Gasteiger partial charge in [0, 0.05) is 25.2 Å². The number of anilines is 2. The van der Waals surface area contributed by atoms with Gasteiger partial charge in [-0.05, 0) is 30.5 Å². The molecule has 3 heterocycles. The van der Waals surface area contributed by atoms with Gasteiger partial charge in [-0.1, -0.05) is 53.5 Å². The minimum atomic E-state index is -0.323. The third-order valence-electron chi connectivity index (χ3n) is 5.33. The lowest BCUT2D eigenvalue weighted by Crippen LogP contribution is -2.39. The normalized spacial score (nSPS) is 14.5. The summed E-state index contributed by atoms with van der Waals surface area (Å²) in [7, 11) is 0. The topological polar surface area (TPSA) is 80.1 Å². The first kappa shape index (κ1) is 21.3. The number of amides is 1. The molecule has 0 saturated carbocycles. The second kappa shape index (κ2) is 9.49. The van der Waals surface area contributed by atoms with Crippen LogP contribution in [0.2, 0.25) is 10.0 Å². The summed E-state index contributed by atoms with van der Waals surface area (Å²) >= 11 is 12.2. The molecule has 0 unspecified atom stereocenters. The van der Waals surface area contributed by atoms with Crippen molar-refractivity contribution in [2.75, 3.05) is 23.3 Å². The molecule has 0 atom stereocenters. The molecule has 1 saturated heterocycles. The number of pyridine rings is 1. The van der Waals surface area contributed by atoms with Gasteiger partial charge in [0.25, 0.3) is 5.56 Å². The Hall–Kier alpha value is -2.90. The molecular formula is C22H21Cl2N5O2. The van der Waals surface area contributed by atoms with Crippen LogP contribution < -0.4 is 15.8 Å². The van der Waals surface area contributed by atoms with Crippen molar-refractivity contribution in [2.45, 2.75) is 19.4 Å². The van der Waals surface area contributed by atoms with Gasteiger partial charge in [0.15, 0.2) is 0 Å². The van der Waals surface area contributed by atoms with E-state index < -0.39 is 0 Å². The highest BCUT2D eigenvalue weighted by Crippen LogP contribution is 2.27. The largest absolute Gasteiger partial charge is 0.369 e. The fourth-order valence-electron chi connectivity index (χ4n) is 3.61. The first-order valence-electron chi connectivity index (χ1n) is 9.98. The van der Waals surface area contributed by atoms with Gasteiger partial charge >= 0.3 is 0 Å². The number of hydrogen-bond acceptors (Lipinski definition) is 5. The average Bonchev–Trinajstić information content (AvgIpc) is 2.79. The van der Waals surface area contributed by atoms with Crippen LogP contribution in [0.4, 0.5) is 11.5 Å². The zero-order valence-corrected chi connectivity index (χ0v) is 18.2. The summed E-state index contributed by atoms with van der Waals surface area (Å²) in [6, 6.07) is 13.0. The number of hydrogen-bond donors (Lipinski definition) is 1. The van der Waals surface area contributed by atoms with E-state index >= 15 is 0 Å². The number of aromatic nitrogens is 3. The third kappa shape index (κ3) is 5.06. The van der Waals surface area contributed by atoms with Gasteiger partial charge in [0.05, 0.1) is 23.5 Å². The van der Waals surface area contributed by atoms with Crippen LogP contribution in [-0.4, -0.2) is 33.8 Å². The Kier molecular flexibility index (Phi) is 6.53. The quantitative estimate of drug-likeness (QED) is 0.629. The fourth-order valence-corrected chi connectivity index (χ4v) is 3.98. The van der Waals surface area contributed by atoms with Crippen molar-refractivity contribution in [2.24, 2.45) is 5.92 Å². The molecule has 2 aromatic heterocycles. The molecular weight excluding hydrogens is 437 g/mol. The molecule has 0 bridgehead atoms. The van der Waals surface area contributed by atoms with Crippen LogP contribution in [0.25, 0.3) is 0 Å². The summed E-state index contributed by atoms with van der Waals surface area (Å²) in [6.45, 7) is 1.58. The second-order valence-electron chi connectivity index (χ2n) is 7.40. The summed E-state index contributed by atoms with van der Waals surface area (Å²) < 4.78 is 1.36. The van der Waals surface area contributed by atoms with E-state index in [0.717, 1.165) is 5.56 Å². The van der Waals surface area contributed by atoms with Crippen LogP contribution >= 0.6 is 23.2 Å². The predicted octanol–water partition coefficient (Wildman–Crippen LogP) is 3.85. The number of halogens is 2. The molecule has 1 aliphatic heterocycles. The number of benzene rings is 1. The second-order valence-corrected chi connectivity index (χ2v) is 8.22. The molecule has 1 aromatic carbocycles. The lowest BCUT2D eigenvalue weighted by molar-refractivity contribution is -0.120. The van der Waals surface area contributed by atoms with Crippen molar-refractivity contribution in [3.63, 3.8) is 0 Å². The van der Waals surface area contributed by atoms with E-state index in [1.807, 2.05) is 35.2 Å². The summed E-state index contributed by atoms with van der Waals surface area (Å²) in [5.74, 6) is 0.266. The van der Waals surface area contributed by atoms with Crippen LogP contribution in [0.3, 0.4) is 0 Å². The van der Waals surface area contributed by atoms with Crippen molar-refractivity contribution in [3.8, 4) is 0 Å². The van der Waals surface area contributed by atoms with E-state index in [0.29, 0.717) is 49.0 Å². The van der Waals surface area contributed by atoms with Crippen LogP contribution in [0, 0.1) is 5.92 Å². The molecule has 0 aliphatic carbocycles. The molecule has 9 heteroatoms. The smallest absolute Gasteiger partial charge is 0.287 e. The molecule has 3 aromatic rings. The lowest BCUT2D eigenvalue weighted by atomic mass is 9.95. The number of rotatable bonds is 5. The molecule has 0 radical (unpaired) electrons. The van der Waals surface area contributed by atoms with E-state index in [-0.39, 0.29) is 22.4 Å². The number of nitrogens with zero attached hydrogens (tertiary/aromatic N) is 4. The van der Waals surface area contributed by atoms with Crippen LogP contribution in [0.5, 0.6) is 0 Å². The maximum Gasteiger partial charge on any atom is 0.287 e. The number of carbonyl (C=O) groups excluding carboxylic acids is 1. The van der Waals surface area contributed by atoms with Crippen LogP contribution in [0.1, 0.15) is 18.4 Å². The maximum atomic E-state index is 12.7. The Labute approximate surface area is 189 Å². The molecule has 160 valence electrons. The van der Waals surface area contributed by atoms with Crippen molar-refractivity contribution in [1.82, 2.24) is 14.8 Å². The molecule has 4 rings (SSSR count). The van der Waals surface area contributed by atoms with E-state index in [4.69, 9.17) is 23.2 Å². The van der Waals surface area contributed by atoms with E-state index in [1.165, 1.54) is 10.9 Å². The van der Waals surface area contributed by atoms with Gasteiger partial charge in [-0.2, -0.15) is 5.10 Å². The molecule has 1 amide bonds. The number of piperidine rings is 1. The minimum absolute atomic E-state index is 0.0722. The van der Waals surface area contributed by atoms with E-state index in [1.54, 1.807) is 18.3 Å². The first-order chi connectivity index (χ1) is 15.0. The molecule has 0 spiro atoms. The summed E-state index contributed by atoms with van der Waals surface area (Å²) in [6.07, 6.45) is 4.41. The summed E-state index contributed by atoms with van der Waals surface area (Å²) in [5, 5.41) is 7.80. The highest BCUT2D eigenvalue weighted by atomic mass is 35.5. The Morgan fingerprint density at radius 1 is 1.06 bits per heavy atom.